The average Bonchev–Trinajstić information content (AvgIpc) is 3.28. The number of amidine groups is 1. The second-order valence-electron chi connectivity index (χ2n) is 8.38. The van der Waals surface area contributed by atoms with Crippen LogP contribution in [0.5, 0.6) is 0 Å². The molecule has 0 fully saturated rings. The van der Waals surface area contributed by atoms with Crippen LogP contribution in [0.2, 0.25) is 0 Å². The van der Waals surface area contributed by atoms with Crippen molar-refractivity contribution in [2.24, 2.45) is 4.99 Å². The van der Waals surface area contributed by atoms with E-state index >= 15 is 0 Å². The fourth-order valence-corrected chi connectivity index (χ4v) is 3.36. The minimum atomic E-state index is -0.646. The summed E-state index contributed by atoms with van der Waals surface area (Å²) >= 11 is 0. The monoisotopic (exact) mass is 428 g/mol. The molecule has 1 N–H and O–H groups in total. The molecule has 162 valence electrons. The highest BCUT2D eigenvalue weighted by atomic mass is 16.6. The number of rotatable bonds is 5. The number of carbonyl (C=O) groups is 2. The van der Waals surface area contributed by atoms with E-state index < -0.39 is 11.6 Å². The zero-order valence-corrected chi connectivity index (χ0v) is 18.2. The zero-order chi connectivity index (χ0) is 22.7. The predicted molar refractivity (Wildman–Crippen MR) is 125 cm³/mol. The van der Waals surface area contributed by atoms with Gasteiger partial charge in [-0.25, -0.2) is 4.99 Å². The summed E-state index contributed by atoms with van der Waals surface area (Å²) in [5, 5.41) is 0.988. The summed E-state index contributed by atoms with van der Waals surface area (Å²) in [6.07, 6.45) is 10.5. The molecule has 7 heteroatoms. The molecule has 0 spiro atoms. The number of aliphatic imine (C=N–C) groups is 1. The lowest BCUT2D eigenvalue weighted by Gasteiger charge is -2.22. The van der Waals surface area contributed by atoms with E-state index in [9.17, 15) is 9.59 Å². The van der Waals surface area contributed by atoms with Crippen molar-refractivity contribution in [1.29, 1.82) is 0 Å². The number of nitrogens with one attached hydrogen (secondary N) is 1. The Bertz CT molecular complexity index is 1250. The van der Waals surface area contributed by atoms with Crippen LogP contribution in [0.25, 0.3) is 23.1 Å². The second-order valence-corrected chi connectivity index (χ2v) is 8.38. The number of hydrogen-bond donors (Lipinski definition) is 1. The molecular formula is C25H24N4O3. The average molecular weight is 428 g/mol. The maximum atomic E-state index is 13.2. The summed E-state index contributed by atoms with van der Waals surface area (Å²) in [6, 6.07) is 11.5. The van der Waals surface area contributed by atoms with Crippen LogP contribution in [-0.2, 0) is 14.3 Å². The number of benzene rings is 1. The van der Waals surface area contributed by atoms with Crippen LogP contribution in [0.4, 0.5) is 0 Å². The molecule has 0 saturated heterocycles. The zero-order valence-electron chi connectivity index (χ0n) is 18.2. The van der Waals surface area contributed by atoms with Gasteiger partial charge in [0.2, 0.25) is 0 Å². The number of esters is 1. The Kier molecular flexibility index (Phi) is 5.73. The predicted octanol–water partition coefficient (Wildman–Crippen LogP) is 4.20. The van der Waals surface area contributed by atoms with Crippen molar-refractivity contribution in [2.75, 3.05) is 6.54 Å². The standard InChI is InChI=1S/C25H24N4O3/c1-25(2,3)32-23(30)16-29-22(9-8-17-10-12-26-13-11-17)28-21(24(29)31)14-18-15-27-20-7-5-4-6-19(18)20/h4-15,27H,16H2,1-3H3/b9-8+,21-14-. The smallest absolute Gasteiger partial charge is 0.326 e. The molecule has 1 aliphatic heterocycles. The molecule has 32 heavy (non-hydrogen) atoms. The quantitative estimate of drug-likeness (QED) is 0.487. The summed E-state index contributed by atoms with van der Waals surface area (Å²) in [5.41, 5.74) is 2.34. The number of aromatic amines is 1. The third-order valence-electron chi connectivity index (χ3n) is 4.73. The van der Waals surface area contributed by atoms with Crippen LogP contribution in [0.15, 0.2) is 71.8 Å². The van der Waals surface area contributed by atoms with E-state index in [1.165, 1.54) is 4.90 Å². The van der Waals surface area contributed by atoms with E-state index in [0.29, 0.717) is 5.84 Å². The molecular weight excluding hydrogens is 404 g/mol. The molecule has 4 rings (SSSR count). The highest BCUT2D eigenvalue weighted by molar-refractivity contribution is 6.20. The van der Waals surface area contributed by atoms with Gasteiger partial charge in [-0.2, -0.15) is 0 Å². The first kappa shape index (κ1) is 21.2. The van der Waals surface area contributed by atoms with Gasteiger partial charge in [-0.05, 0) is 56.7 Å². The van der Waals surface area contributed by atoms with E-state index in [1.54, 1.807) is 45.3 Å². The normalized spacial score (nSPS) is 15.7. The lowest BCUT2D eigenvalue weighted by molar-refractivity contribution is -0.156. The van der Waals surface area contributed by atoms with Crippen molar-refractivity contribution in [2.45, 2.75) is 26.4 Å². The maximum absolute atomic E-state index is 13.2. The van der Waals surface area contributed by atoms with Gasteiger partial charge in [0.1, 0.15) is 23.7 Å². The minimum Gasteiger partial charge on any atom is -0.459 e. The fourth-order valence-electron chi connectivity index (χ4n) is 3.36. The fraction of sp³-hybridized carbons (Fsp3) is 0.200. The number of amides is 1. The number of pyridine rings is 1. The molecule has 0 bridgehead atoms. The SMILES string of the molecule is CC(C)(C)OC(=O)CN1C(=O)/C(=C/c2c[nH]c3ccccc23)N=C1/C=C/c1ccncc1. The molecule has 1 amide bonds. The maximum Gasteiger partial charge on any atom is 0.326 e. The molecule has 7 nitrogen and oxygen atoms in total. The number of hydrogen-bond acceptors (Lipinski definition) is 5. The highest BCUT2D eigenvalue weighted by Gasteiger charge is 2.32. The van der Waals surface area contributed by atoms with Crippen LogP contribution >= 0.6 is 0 Å². The molecule has 2 aromatic heterocycles. The van der Waals surface area contributed by atoms with Gasteiger partial charge < -0.3 is 9.72 Å². The Morgan fingerprint density at radius 2 is 1.88 bits per heavy atom. The molecule has 1 aliphatic rings. The first-order valence-electron chi connectivity index (χ1n) is 10.3. The van der Waals surface area contributed by atoms with Gasteiger partial charge in [-0.15, -0.1) is 0 Å². The van der Waals surface area contributed by atoms with Gasteiger partial charge in [0, 0.05) is 35.1 Å². The van der Waals surface area contributed by atoms with E-state index in [-0.39, 0.29) is 18.1 Å². The highest BCUT2D eigenvalue weighted by Crippen LogP contribution is 2.24. The van der Waals surface area contributed by atoms with Crippen molar-refractivity contribution in [3.63, 3.8) is 0 Å². The number of carbonyl (C=O) groups excluding carboxylic acids is 2. The van der Waals surface area contributed by atoms with Gasteiger partial charge in [0.15, 0.2) is 0 Å². The molecule has 0 aliphatic carbocycles. The topological polar surface area (TPSA) is 87.6 Å². The van der Waals surface area contributed by atoms with Crippen molar-refractivity contribution in [3.05, 3.63) is 77.9 Å². The Balaban J connectivity index is 1.67. The summed E-state index contributed by atoms with van der Waals surface area (Å²) in [6.45, 7) is 5.15. The van der Waals surface area contributed by atoms with E-state index in [0.717, 1.165) is 22.0 Å². The van der Waals surface area contributed by atoms with Crippen molar-refractivity contribution in [1.82, 2.24) is 14.9 Å². The van der Waals surface area contributed by atoms with E-state index in [1.807, 2.05) is 48.7 Å². The van der Waals surface area contributed by atoms with Crippen molar-refractivity contribution < 1.29 is 14.3 Å². The Hall–Kier alpha value is -4.00. The third kappa shape index (κ3) is 4.83. The molecule has 0 saturated carbocycles. The van der Waals surface area contributed by atoms with Crippen LogP contribution < -0.4 is 0 Å². The molecule has 3 aromatic rings. The Morgan fingerprint density at radius 1 is 1.12 bits per heavy atom. The summed E-state index contributed by atoms with van der Waals surface area (Å²) in [5.74, 6) is -0.469. The Labute approximate surface area is 186 Å². The number of para-hydroxylation sites is 1. The van der Waals surface area contributed by atoms with Crippen molar-refractivity contribution in [3.8, 4) is 0 Å². The lowest BCUT2D eigenvalue weighted by Crippen LogP contribution is -2.39. The van der Waals surface area contributed by atoms with Crippen LogP contribution in [0, 0.1) is 0 Å². The van der Waals surface area contributed by atoms with Gasteiger partial charge >= 0.3 is 5.97 Å². The first-order valence-corrected chi connectivity index (χ1v) is 10.3. The van der Waals surface area contributed by atoms with E-state index in [4.69, 9.17) is 4.74 Å². The first-order chi connectivity index (χ1) is 15.3. The molecule has 0 unspecified atom stereocenters. The van der Waals surface area contributed by atoms with Crippen LogP contribution in [0.1, 0.15) is 31.9 Å². The number of nitrogens with zero attached hydrogens (tertiary/aromatic N) is 3. The summed E-state index contributed by atoms with van der Waals surface area (Å²) in [4.78, 5) is 38.7. The molecule has 0 radical (unpaired) electrons. The molecule has 0 atom stereocenters. The van der Waals surface area contributed by atoms with Crippen LogP contribution in [0.3, 0.4) is 0 Å². The van der Waals surface area contributed by atoms with Gasteiger partial charge in [-0.1, -0.05) is 24.3 Å². The third-order valence-corrected chi connectivity index (χ3v) is 4.73. The number of aromatic nitrogens is 2. The van der Waals surface area contributed by atoms with Crippen LogP contribution in [-0.4, -0.2) is 44.7 Å². The minimum absolute atomic E-state index is 0.221. The van der Waals surface area contributed by atoms with Gasteiger partial charge in [0.05, 0.1) is 0 Å². The number of H-pyrrole nitrogens is 1. The molecule has 3 heterocycles. The lowest BCUT2D eigenvalue weighted by atomic mass is 10.1. The summed E-state index contributed by atoms with van der Waals surface area (Å²) in [7, 11) is 0. The largest absolute Gasteiger partial charge is 0.459 e. The van der Waals surface area contributed by atoms with Crippen molar-refractivity contribution >= 4 is 40.8 Å². The number of ether oxygens (including phenoxy) is 1. The Morgan fingerprint density at radius 3 is 2.62 bits per heavy atom. The molecule has 1 aromatic carbocycles. The summed E-state index contributed by atoms with van der Waals surface area (Å²) < 4.78 is 5.41. The van der Waals surface area contributed by atoms with Gasteiger partial charge in [-0.3, -0.25) is 19.5 Å². The van der Waals surface area contributed by atoms with Gasteiger partial charge in [0.25, 0.3) is 5.91 Å². The second kappa shape index (κ2) is 8.63. The number of fused-ring (bicyclic) bond motifs is 1. The van der Waals surface area contributed by atoms with E-state index in [2.05, 4.69) is 15.0 Å².